The Morgan fingerprint density at radius 3 is 2.38 bits per heavy atom. The lowest BCUT2D eigenvalue weighted by atomic mass is 9.68. The molecule has 2 unspecified atom stereocenters. The summed E-state index contributed by atoms with van der Waals surface area (Å²) < 4.78 is 23.8. The van der Waals surface area contributed by atoms with Crippen LogP contribution in [0.25, 0.3) is 0 Å². The molecular formula is C24H40N2O6. The zero-order valence-electron chi connectivity index (χ0n) is 20.7. The van der Waals surface area contributed by atoms with Gasteiger partial charge in [0.2, 0.25) is 5.91 Å². The van der Waals surface area contributed by atoms with Crippen LogP contribution in [0.4, 0.5) is 4.79 Å². The molecule has 3 aliphatic rings. The molecule has 1 N–H and O–H groups in total. The summed E-state index contributed by atoms with van der Waals surface area (Å²) in [6, 6.07) is -0.647. The molecule has 182 valence electrons. The molecule has 0 bridgehead atoms. The van der Waals surface area contributed by atoms with Gasteiger partial charge in [0.1, 0.15) is 35.6 Å². The van der Waals surface area contributed by atoms with Gasteiger partial charge in [0.25, 0.3) is 0 Å². The lowest BCUT2D eigenvalue weighted by Gasteiger charge is -2.42. The molecule has 2 heterocycles. The maximum Gasteiger partial charge on any atom is 0.408 e. The minimum atomic E-state index is -0.647. The molecule has 0 aromatic carbocycles. The molecule has 0 aromatic rings. The van der Waals surface area contributed by atoms with Crippen LogP contribution in [0, 0.1) is 17.8 Å². The first-order chi connectivity index (χ1) is 14.9. The van der Waals surface area contributed by atoms with E-state index in [1.807, 2.05) is 13.8 Å². The summed E-state index contributed by atoms with van der Waals surface area (Å²) in [5.74, 6) is 0.159. The standard InChI is InChI=1S/C24H40N2O6/c1-14(2)9-10-17-23(5,32-17)20-19(29-8)16(11-12-24(20)13-30-24)31-22(28)25-18(15(3)4)21(27)26(6)7/h9-10,14-20H,11-13H2,1-8H3,(H,25,28)/b10-9+/t16-,17-,18?,19-,20?,23+,24+/m1/s1. The van der Waals surface area contributed by atoms with Crippen molar-refractivity contribution in [3.63, 3.8) is 0 Å². The summed E-state index contributed by atoms with van der Waals surface area (Å²) >= 11 is 0. The zero-order valence-corrected chi connectivity index (χ0v) is 20.7. The van der Waals surface area contributed by atoms with Crippen molar-refractivity contribution in [1.29, 1.82) is 0 Å². The second-order valence-corrected chi connectivity index (χ2v) is 10.5. The molecule has 3 fully saturated rings. The van der Waals surface area contributed by atoms with Crippen molar-refractivity contribution in [2.75, 3.05) is 27.8 Å². The monoisotopic (exact) mass is 452 g/mol. The number of likely N-dealkylation sites (N-methyl/N-ethyl adjacent to an activating group) is 1. The minimum Gasteiger partial charge on any atom is -0.443 e. The number of nitrogens with zero attached hydrogens (tertiary/aromatic N) is 1. The van der Waals surface area contributed by atoms with Gasteiger partial charge in [-0.2, -0.15) is 0 Å². The lowest BCUT2D eigenvalue weighted by molar-refractivity contribution is -0.132. The lowest BCUT2D eigenvalue weighted by Crippen LogP contribution is -2.57. The van der Waals surface area contributed by atoms with Crippen LogP contribution < -0.4 is 5.32 Å². The van der Waals surface area contributed by atoms with E-state index in [-0.39, 0.29) is 35.6 Å². The first kappa shape index (κ1) is 25.0. The predicted molar refractivity (Wildman–Crippen MR) is 120 cm³/mol. The first-order valence-corrected chi connectivity index (χ1v) is 11.7. The minimum absolute atomic E-state index is 0.00997. The number of epoxide rings is 2. The van der Waals surface area contributed by atoms with E-state index < -0.39 is 23.8 Å². The highest BCUT2D eigenvalue weighted by molar-refractivity contribution is 5.85. The summed E-state index contributed by atoms with van der Waals surface area (Å²) in [4.78, 5) is 26.7. The first-order valence-electron chi connectivity index (χ1n) is 11.7. The molecule has 1 aliphatic carbocycles. The zero-order chi connectivity index (χ0) is 23.8. The van der Waals surface area contributed by atoms with Crippen LogP contribution in [-0.2, 0) is 23.7 Å². The fraction of sp³-hybridized carbons (Fsp3) is 0.833. The number of alkyl carbamates (subject to hydrolysis) is 1. The maximum absolute atomic E-state index is 12.8. The van der Waals surface area contributed by atoms with E-state index in [2.05, 4.69) is 38.2 Å². The van der Waals surface area contributed by atoms with E-state index >= 15 is 0 Å². The number of hydrogen-bond acceptors (Lipinski definition) is 6. The smallest absolute Gasteiger partial charge is 0.408 e. The summed E-state index contributed by atoms with van der Waals surface area (Å²) in [6.07, 6.45) is 4.26. The van der Waals surface area contributed by atoms with Crippen molar-refractivity contribution in [2.24, 2.45) is 17.8 Å². The van der Waals surface area contributed by atoms with Gasteiger partial charge in [-0.15, -0.1) is 0 Å². The number of hydrogen-bond donors (Lipinski definition) is 1. The Labute approximate surface area is 192 Å². The largest absolute Gasteiger partial charge is 0.443 e. The third-order valence-electron chi connectivity index (χ3n) is 6.98. The normalized spacial score (nSPS) is 37.1. The topological polar surface area (TPSA) is 92.9 Å². The van der Waals surface area contributed by atoms with Gasteiger partial charge in [0, 0.05) is 21.2 Å². The van der Waals surface area contributed by atoms with Crippen molar-refractivity contribution >= 4 is 12.0 Å². The van der Waals surface area contributed by atoms with Crippen molar-refractivity contribution in [3.05, 3.63) is 12.2 Å². The molecule has 0 aromatic heterocycles. The molecule has 1 spiro atoms. The molecule has 3 rings (SSSR count). The molecule has 8 nitrogen and oxygen atoms in total. The Hall–Kier alpha value is -1.64. The third kappa shape index (κ3) is 4.97. The van der Waals surface area contributed by atoms with Gasteiger partial charge >= 0.3 is 6.09 Å². The average Bonchev–Trinajstić information content (AvgIpc) is 3.62. The van der Waals surface area contributed by atoms with Crippen LogP contribution in [0.5, 0.6) is 0 Å². The van der Waals surface area contributed by atoms with Crippen molar-refractivity contribution < 1.29 is 28.5 Å². The van der Waals surface area contributed by atoms with Crippen LogP contribution in [0.3, 0.4) is 0 Å². The van der Waals surface area contributed by atoms with Crippen LogP contribution in [-0.4, -0.2) is 80.3 Å². The molecule has 1 saturated carbocycles. The van der Waals surface area contributed by atoms with Gasteiger partial charge in [-0.3, -0.25) is 4.79 Å². The Bertz CT molecular complexity index is 732. The van der Waals surface area contributed by atoms with E-state index in [9.17, 15) is 9.59 Å². The van der Waals surface area contributed by atoms with E-state index in [4.69, 9.17) is 18.9 Å². The molecule has 2 aliphatic heterocycles. The fourth-order valence-electron chi connectivity index (χ4n) is 5.03. The average molecular weight is 453 g/mol. The Balaban J connectivity index is 1.72. The summed E-state index contributed by atoms with van der Waals surface area (Å²) in [5.41, 5.74) is -0.712. The van der Waals surface area contributed by atoms with Gasteiger partial charge in [-0.1, -0.05) is 39.8 Å². The molecular weight excluding hydrogens is 412 g/mol. The maximum atomic E-state index is 12.8. The quantitative estimate of drug-likeness (QED) is 0.450. The molecule has 32 heavy (non-hydrogen) atoms. The van der Waals surface area contributed by atoms with Gasteiger partial charge in [0.15, 0.2) is 0 Å². The number of carbonyl (C=O) groups is 2. The summed E-state index contributed by atoms with van der Waals surface area (Å²) in [6.45, 7) is 10.8. The van der Waals surface area contributed by atoms with Crippen molar-refractivity contribution in [2.45, 2.75) is 83.0 Å². The second kappa shape index (κ2) is 9.31. The van der Waals surface area contributed by atoms with E-state index in [1.54, 1.807) is 21.2 Å². The van der Waals surface area contributed by atoms with Crippen molar-refractivity contribution in [3.8, 4) is 0 Å². The van der Waals surface area contributed by atoms with E-state index in [0.717, 1.165) is 6.42 Å². The van der Waals surface area contributed by atoms with Crippen molar-refractivity contribution in [1.82, 2.24) is 10.2 Å². The molecule has 8 heteroatoms. The Morgan fingerprint density at radius 1 is 1.22 bits per heavy atom. The number of rotatable bonds is 8. The van der Waals surface area contributed by atoms with Crippen LogP contribution in [0.1, 0.15) is 47.5 Å². The van der Waals surface area contributed by atoms with Gasteiger partial charge in [-0.25, -0.2) is 4.79 Å². The second-order valence-electron chi connectivity index (χ2n) is 10.5. The van der Waals surface area contributed by atoms with Crippen LogP contribution in [0.2, 0.25) is 0 Å². The molecule has 7 atom stereocenters. The summed E-state index contributed by atoms with van der Waals surface area (Å²) in [7, 11) is 4.99. The number of methoxy groups -OCH3 is 1. The molecule has 2 amide bonds. The van der Waals surface area contributed by atoms with Gasteiger partial charge < -0.3 is 29.2 Å². The third-order valence-corrected chi connectivity index (χ3v) is 6.98. The van der Waals surface area contributed by atoms with Crippen LogP contribution >= 0.6 is 0 Å². The van der Waals surface area contributed by atoms with E-state index in [1.165, 1.54) is 4.90 Å². The number of carbonyl (C=O) groups excluding carboxylic acids is 2. The predicted octanol–water partition coefficient (Wildman–Crippen LogP) is 2.76. The van der Waals surface area contributed by atoms with E-state index in [0.29, 0.717) is 18.9 Å². The summed E-state index contributed by atoms with van der Waals surface area (Å²) in [5, 5.41) is 2.76. The highest BCUT2D eigenvalue weighted by atomic mass is 16.6. The highest BCUT2D eigenvalue weighted by Gasteiger charge is 2.72. The SMILES string of the molecule is CO[C@H]1C([C@@]2(C)O[C@@H]2/C=C/C(C)C)[C@]2(CC[C@H]1OC(=O)NC(C(=O)N(C)C)C(C)C)CO2. The molecule has 2 saturated heterocycles. The number of allylic oxidation sites excluding steroid dienone is 1. The Kier molecular flexibility index (Phi) is 7.27. The van der Waals surface area contributed by atoms with Gasteiger partial charge in [0.05, 0.1) is 12.5 Å². The fourth-order valence-corrected chi connectivity index (χ4v) is 5.03. The molecule has 0 radical (unpaired) electrons. The number of nitrogens with one attached hydrogen (secondary N) is 1. The number of amides is 2. The Morgan fingerprint density at radius 2 is 1.88 bits per heavy atom. The highest BCUT2D eigenvalue weighted by Crippen LogP contribution is 2.59. The van der Waals surface area contributed by atoms with Crippen LogP contribution in [0.15, 0.2) is 12.2 Å². The number of ether oxygens (including phenoxy) is 4. The van der Waals surface area contributed by atoms with Gasteiger partial charge in [-0.05, 0) is 31.6 Å².